The molecule has 2 aromatic carbocycles. The molecule has 0 spiro atoms. The van der Waals surface area contributed by atoms with Crippen molar-refractivity contribution in [2.75, 3.05) is 0 Å². The number of halogens is 3. The van der Waals surface area contributed by atoms with E-state index in [2.05, 4.69) is 25.9 Å². The first kappa shape index (κ1) is 13.8. The summed E-state index contributed by atoms with van der Waals surface area (Å²) in [7, 11) is 0. The van der Waals surface area contributed by atoms with Crippen molar-refractivity contribution in [2.45, 2.75) is 6.92 Å². The Morgan fingerprint density at radius 1 is 1.05 bits per heavy atom. The molecular formula is C15H9BrCl2N2. The van der Waals surface area contributed by atoms with Crippen LogP contribution >= 0.6 is 39.1 Å². The highest BCUT2D eigenvalue weighted by atomic mass is 79.9. The van der Waals surface area contributed by atoms with Crippen LogP contribution in [-0.2, 0) is 0 Å². The molecule has 0 amide bonds. The first-order chi connectivity index (χ1) is 9.56. The molecule has 0 bridgehead atoms. The number of fused-ring (bicyclic) bond motifs is 1. The predicted molar refractivity (Wildman–Crippen MR) is 87.4 cm³/mol. The van der Waals surface area contributed by atoms with Gasteiger partial charge in [0.15, 0.2) is 5.82 Å². The number of rotatable bonds is 1. The highest BCUT2D eigenvalue weighted by molar-refractivity contribution is 9.10. The molecule has 0 saturated heterocycles. The smallest absolute Gasteiger partial charge is 0.161 e. The van der Waals surface area contributed by atoms with Crippen molar-refractivity contribution in [3.8, 4) is 11.4 Å². The second-order valence-corrected chi connectivity index (χ2v) is 6.09. The predicted octanol–water partition coefficient (Wildman–Crippen LogP) is 5.67. The lowest BCUT2D eigenvalue weighted by Gasteiger charge is -2.08. The van der Waals surface area contributed by atoms with E-state index < -0.39 is 0 Å². The number of benzene rings is 2. The Bertz CT molecular complexity index is 818. The van der Waals surface area contributed by atoms with E-state index in [1.807, 2.05) is 43.3 Å². The highest BCUT2D eigenvalue weighted by Crippen LogP contribution is 2.30. The van der Waals surface area contributed by atoms with Crippen LogP contribution in [0.15, 0.2) is 40.9 Å². The van der Waals surface area contributed by atoms with Crippen LogP contribution in [0.1, 0.15) is 5.56 Å². The van der Waals surface area contributed by atoms with Crippen LogP contribution in [0, 0.1) is 6.92 Å². The molecule has 0 N–H and O–H groups in total. The van der Waals surface area contributed by atoms with Gasteiger partial charge in [-0.25, -0.2) is 9.97 Å². The molecular weight excluding hydrogens is 359 g/mol. The molecule has 0 radical (unpaired) electrons. The van der Waals surface area contributed by atoms with Crippen molar-refractivity contribution in [1.82, 2.24) is 9.97 Å². The van der Waals surface area contributed by atoms with E-state index in [1.165, 1.54) is 0 Å². The maximum atomic E-state index is 6.27. The largest absolute Gasteiger partial charge is 0.228 e. The molecule has 1 aromatic heterocycles. The SMILES string of the molecule is Cc1c(Cl)cccc1-c1nc(Cl)c2cc(Br)ccc2n1. The Hall–Kier alpha value is -1.16. The van der Waals surface area contributed by atoms with Gasteiger partial charge >= 0.3 is 0 Å². The van der Waals surface area contributed by atoms with Crippen molar-refractivity contribution in [3.05, 3.63) is 56.6 Å². The van der Waals surface area contributed by atoms with Gasteiger partial charge in [-0.3, -0.25) is 0 Å². The van der Waals surface area contributed by atoms with Crippen LogP contribution < -0.4 is 0 Å². The van der Waals surface area contributed by atoms with E-state index >= 15 is 0 Å². The monoisotopic (exact) mass is 366 g/mol. The maximum absolute atomic E-state index is 6.27. The van der Waals surface area contributed by atoms with Gasteiger partial charge in [0.25, 0.3) is 0 Å². The lowest BCUT2D eigenvalue weighted by Crippen LogP contribution is -1.94. The zero-order chi connectivity index (χ0) is 14.3. The number of hydrogen-bond acceptors (Lipinski definition) is 2. The summed E-state index contributed by atoms with van der Waals surface area (Å²) in [5, 5.41) is 1.95. The summed E-state index contributed by atoms with van der Waals surface area (Å²) >= 11 is 15.8. The van der Waals surface area contributed by atoms with Crippen LogP contribution in [0.4, 0.5) is 0 Å². The molecule has 3 rings (SSSR count). The fourth-order valence-corrected chi connectivity index (χ4v) is 2.80. The third-order valence-corrected chi connectivity index (χ3v) is 4.31. The van der Waals surface area contributed by atoms with E-state index in [4.69, 9.17) is 23.2 Å². The molecule has 1 heterocycles. The fraction of sp³-hybridized carbons (Fsp3) is 0.0667. The minimum absolute atomic E-state index is 0.436. The number of hydrogen-bond donors (Lipinski definition) is 0. The summed E-state index contributed by atoms with van der Waals surface area (Å²) in [6, 6.07) is 11.4. The molecule has 5 heteroatoms. The average molecular weight is 368 g/mol. The van der Waals surface area contributed by atoms with E-state index in [1.54, 1.807) is 0 Å². The first-order valence-electron chi connectivity index (χ1n) is 5.94. The van der Waals surface area contributed by atoms with Crippen LogP contribution in [0.3, 0.4) is 0 Å². The van der Waals surface area contributed by atoms with Crippen molar-refractivity contribution in [3.63, 3.8) is 0 Å². The van der Waals surface area contributed by atoms with E-state index in [-0.39, 0.29) is 0 Å². The van der Waals surface area contributed by atoms with Gasteiger partial charge in [0, 0.05) is 20.4 Å². The third-order valence-electron chi connectivity index (χ3n) is 3.12. The van der Waals surface area contributed by atoms with Crippen LogP contribution in [0.2, 0.25) is 10.2 Å². The minimum atomic E-state index is 0.436. The van der Waals surface area contributed by atoms with Crippen molar-refractivity contribution in [2.24, 2.45) is 0 Å². The van der Waals surface area contributed by atoms with Crippen molar-refractivity contribution < 1.29 is 0 Å². The fourth-order valence-electron chi connectivity index (χ4n) is 2.03. The summed E-state index contributed by atoms with van der Waals surface area (Å²) in [5.41, 5.74) is 2.65. The zero-order valence-electron chi connectivity index (χ0n) is 10.5. The Balaban J connectivity index is 2.28. The Labute approximate surface area is 134 Å². The van der Waals surface area contributed by atoms with Crippen LogP contribution in [0.5, 0.6) is 0 Å². The Morgan fingerprint density at radius 3 is 2.65 bits per heavy atom. The van der Waals surface area contributed by atoms with Gasteiger partial charge in [-0.2, -0.15) is 0 Å². The summed E-state index contributed by atoms with van der Waals surface area (Å²) in [4.78, 5) is 8.96. The molecule has 0 saturated carbocycles. The van der Waals surface area contributed by atoms with Gasteiger partial charge < -0.3 is 0 Å². The lowest BCUT2D eigenvalue weighted by atomic mass is 10.1. The van der Waals surface area contributed by atoms with Gasteiger partial charge in [0.2, 0.25) is 0 Å². The second kappa shape index (κ2) is 5.32. The molecule has 0 aliphatic rings. The van der Waals surface area contributed by atoms with Gasteiger partial charge in [0.1, 0.15) is 5.15 Å². The van der Waals surface area contributed by atoms with Gasteiger partial charge in [-0.1, -0.05) is 51.3 Å². The summed E-state index contributed by atoms with van der Waals surface area (Å²) in [6.07, 6.45) is 0. The number of nitrogens with zero attached hydrogens (tertiary/aromatic N) is 2. The minimum Gasteiger partial charge on any atom is -0.228 e. The Kier molecular flexibility index (Phi) is 3.67. The molecule has 0 fully saturated rings. The first-order valence-corrected chi connectivity index (χ1v) is 7.49. The molecule has 0 atom stereocenters. The van der Waals surface area contributed by atoms with Gasteiger partial charge in [-0.15, -0.1) is 0 Å². The Morgan fingerprint density at radius 2 is 1.85 bits per heavy atom. The highest BCUT2D eigenvalue weighted by Gasteiger charge is 2.11. The van der Waals surface area contributed by atoms with Gasteiger partial charge in [0.05, 0.1) is 5.52 Å². The topological polar surface area (TPSA) is 25.8 Å². The van der Waals surface area contributed by atoms with Crippen molar-refractivity contribution >= 4 is 50.0 Å². The molecule has 2 nitrogen and oxygen atoms in total. The zero-order valence-corrected chi connectivity index (χ0v) is 13.6. The molecule has 0 unspecified atom stereocenters. The molecule has 0 aliphatic heterocycles. The molecule has 100 valence electrons. The molecule has 0 aliphatic carbocycles. The van der Waals surface area contributed by atoms with E-state index in [9.17, 15) is 0 Å². The summed E-state index contributed by atoms with van der Waals surface area (Å²) < 4.78 is 0.946. The van der Waals surface area contributed by atoms with E-state index in [0.29, 0.717) is 16.0 Å². The lowest BCUT2D eigenvalue weighted by molar-refractivity contribution is 1.21. The maximum Gasteiger partial charge on any atom is 0.161 e. The standard InChI is InChI=1S/C15H9BrCl2N2/c1-8-10(3-2-4-12(8)17)15-19-13-6-5-9(16)7-11(13)14(18)20-15/h2-7H,1H3. The second-order valence-electron chi connectivity index (χ2n) is 4.41. The van der Waals surface area contributed by atoms with Crippen LogP contribution in [0.25, 0.3) is 22.3 Å². The normalized spacial score (nSPS) is 11.0. The molecule has 3 aromatic rings. The molecule has 20 heavy (non-hydrogen) atoms. The third kappa shape index (κ3) is 2.41. The average Bonchev–Trinajstić information content (AvgIpc) is 2.42. The summed E-state index contributed by atoms with van der Waals surface area (Å²) in [5.74, 6) is 0.588. The van der Waals surface area contributed by atoms with Crippen molar-refractivity contribution in [1.29, 1.82) is 0 Å². The van der Waals surface area contributed by atoms with E-state index in [0.717, 1.165) is 26.5 Å². The quantitative estimate of drug-likeness (QED) is 0.517. The van der Waals surface area contributed by atoms with Crippen LogP contribution in [-0.4, -0.2) is 9.97 Å². The van der Waals surface area contributed by atoms with Gasteiger partial charge in [-0.05, 0) is 36.8 Å². The summed E-state index contributed by atoms with van der Waals surface area (Å²) in [6.45, 7) is 1.95. The number of aromatic nitrogens is 2.